The van der Waals surface area contributed by atoms with Crippen LogP contribution < -0.4 is 10.5 Å². The van der Waals surface area contributed by atoms with Crippen LogP contribution in [0.25, 0.3) is 11.0 Å². The smallest absolute Gasteiger partial charge is 0.229 e. The van der Waals surface area contributed by atoms with Gasteiger partial charge in [0.25, 0.3) is 0 Å². The summed E-state index contributed by atoms with van der Waals surface area (Å²) in [7, 11) is 0. The molecule has 3 heterocycles. The zero-order valence-corrected chi connectivity index (χ0v) is 10.1. The molecular weight excluding hydrogens is 244 g/mol. The fourth-order valence-electron chi connectivity index (χ4n) is 1.73. The van der Waals surface area contributed by atoms with Crippen molar-refractivity contribution in [2.45, 2.75) is 6.42 Å². The highest BCUT2D eigenvalue weighted by atomic mass is 16.5. The average Bonchev–Trinajstić information content (AvgIpc) is 2.88. The summed E-state index contributed by atoms with van der Waals surface area (Å²) in [5.74, 6) is 0.594. The second kappa shape index (κ2) is 4.89. The molecule has 0 atom stereocenters. The number of H-pyrrole nitrogens is 1. The molecule has 3 aromatic rings. The van der Waals surface area contributed by atoms with Crippen molar-refractivity contribution >= 4 is 17.0 Å². The number of pyridine rings is 1. The summed E-state index contributed by atoms with van der Waals surface area (Å²) < 4.78 is 5.63. The third-order valence-electron chi connectivity index (χ3n) is 2.62. The Balaban J connectivity index is 1.73. The van der Waals surface area contributed by atoms with Gasteiger partial charge in [-0.05, 0) is 12.1 Å². The van der Waals surface area contributed by atoms with Crippen molar-refractivity contribution in [2.24, 2.45) is 0 Å². The number of aromatic amines is 1. The first-order valence-corrected chi connectivity index (χ1v) is 5.82. The molecule has 3 rings (SSSR count). The largest absolute Gasteiger partial charge is 0.477 e. The Morgan fingerprint density at radius 1 is 1.26 bits per heavy atom. The highest BCUT2D eigenvalue weighted by Crippen LogP contribution is 2.20. The van der Waals surface area contributed by atoms with Crippen LogP contribution in [0.15, 0.2) is 30.6 Å². The van der Waals surface area contributed by atoms with Crippen LogP contribution in [0, 0.1) is 0 Å². The predicted octanol–water partition coefficient (Wildman–Crippen LogP) is 0.952. The van der Waals surface area contributed by atoms with Crippen LogP contribution in [-0.2, 0) is 6.42 Å². The lowest BCUT2D eigenvalue weighted by Crippen LogP contribution is -2.06. The van der Waals surface area contributed by atoms with E-state index in [0.29, 0.717) is 24.6 Å². The predicted molar refractivity (Wildman–Crippen MR) is 69.5 cm³/mol. The molecule has 0 bridgehead atoms. The molecule has 3 N–H and O–H groups in total. The number of rotatable bonds is 4. The van der Waals surface area contributed by atoms with E-state index >= 15 is 0 Å². The van der Waals surface area contributed by atoms with Gasteiger partial charge in [0.05, 0.1) is 12.8 Å². The van der Waals surface area contributed by atoms with E-state index in [-0.39, 0.29) is 5.95 Å². The van der Waals surface area contributed by atoms with Crippen molar-refractivity contribution in [3.63, 3.8) is 0 Å². The number of nitrogens with two attached hydrogens (primary N) is 1. The molecule has 0 spiro atoms. The first-order chi connectivity index (χ1) is 9.33. The van der Waals surface area contributed by atoms with E-state index in [9.17, 15) is 0 Å². The van der Waals surface area contributed by atoms with Crippen molar-refractivity contribution < 1.29 is 4.74 Å². The molecule has 0 aliphatic rings. The number of hydrogen-bond acceptors (Lipinski definition) is 6. The molecule has 0 aliphatic heterocycles. The Hall–Kier alpha value is -2.70. The molecule has 0 saturated carbocycles. The van der Waals surface area contributed by atoms with Crippen LogP contribution in [0.1, 0.15) is 5.69 Å². The minimum absolute atomic E-state index is 0.157. The zero-order chi connectivity index (χ0) is 13.1. The molecule has 7 nitrogen and oxygen atoms in total. The van der Waals surface area contributed by atoms with Gasteiger partial charge in [-0.15, -0.1) is 0 Å². The van der Waals surface area contributed by atoms with E-state index in [2.05, 4.69) is 25.1 Å². The fraction of sp³-hybridized carbons (Fsp3) is 0.167. The minimum Gasteiger partial charge on any atom is -0.477 e. The monoisotopic (exact) mass is 256 g/mol. The van der Waals surface area contributed by atoms with Gasteiger partial charge in [-0.25, -0.2) is 0 Å². The molecule has 0 radical (unpaired) electrons. The number of nitrogen functional groups attached to an aromatic ring is 1. The van der Waals surface area contributed by atoms with Crippen molar-refractivity contribution in [3.8, 4) is 5.88 Å². The van der Waals surface area contributed by atoms with Crippen LogP contribution in [0.2, 0.25) is 0 Å². The molecule has 3 aromatic heterocycles. The number of fused-ring (bicyclic) bond motifs is 1. The highest BCUT2D eigenvalue weighted by molar-refractivity contribution is 5.80. The molecule has 0 aromatic carbocycles. The van der Waals surface area contributed by atoms with Gasteiger partial charge < -0.3 is 10.5 Å². The van der Waals surface area contributed by atoms with Gasteiger partial charge in [-0.2, -0.15) is 15.1 Å². The molecule has 0 saturated heterocycles. The Kier molecular flexibility index (Phi) is 2.93. The van der Waals surface area contributed by atoms with Crippen LogP contribution in [0.5, 0.6) is 5.88 Å². The maximum atomic E-state index is 5.63. The van der Waals surface area contributed by atoms with E-state index < -0.39 is 0 Å². The van der Waals surface area contributed by atoms with Crippen molar-refractivity contribution in [1.29, 1.82) is 0 Å². The van der Waals surface area contributed by atoms with Crippen molar-refractivity contribution in [2.75, 3.05) is 12.3 Å². The minimum atomic E-state index is 0.157. The number of nitrogens with one attached hydrogen (secondary N) is 1. The van der Waals surface area contributed by atoms with Gasteiger partial charge in [0.15, 0.2) is 5.65 Å². The lowest BCUT2D eigenvalue weighted by molar-refractivity contribution is 0.312. The number of ether oxygens (including phenoxy) is 1. The first kappa shape index (κ1) is 11.4. The molecule has 96 valence electrons. The van der Waals surface area contributed by atoms with Gasteiger partial charge in [-0.3, -0.25) is 10.1 Å². The maximum Gasteiger partial charge on any atom is 0.229 e. The van der Waals surface area contributed by atoms with Crippen LogP contribution in [0.4, 0.5) is 5.95 Å². The molecule has 0 unspecified atom stereocenters. The summed E-state index contributed by atoms with van der Waals surface area (Å²) in [6, 6.07) is 5.77. The van der Waals surface area contributed by atoms with Crippen LogP contribution in [-0.4, -0.2) is 31.8 Å². The molecular formula is C12H12N6O. The summed E-state index contributed by atoms with van der Waals surface area (Å²) in [6.07, 6.45) is 4.07. The topological polar surface area (TPSA) is 103 Å². The first-order valence-electron chi connectivity index (χ1n) is 5.82. The normalized spacial score (nSPS) is 10.7. The van der Waals surface area contributed by atoms with Gasteiger partial charge in [-0.1, -0.05) is 6.07 Å². The van der Waals surface area contributed by atoms with E-state index in [1.165, 1.54) is 0 Å². The number of anilines is 1. The van der Waals surface area contributed by atoms with Gasteiger partial charge in [0.2, 0.25) is 11.8 Å². The van der Waals surface area contributed by atoms with Gasteiger partial charge in [0, 0.05) is 18.3 Å². The lowest BCUT2D eigenvalue weighted by atomic mass is 10.3. The van der Waals surface area contributed by atoms with E-state index in [0.717, 1.165) is 11.1 Å². The van der Waals surface area contributed by atoms with Crippen molar-refractivity contribution in [1.82, 2.24) is 25.1 Å². The average molecular weight is 256 g/mol. The zero-order valence-electron chi connectivity index (χ0n) is 10.1. The Morgan fingerprint density at radius 2 is 2.21 bits per heavy atom. The van der Waals surface area contributed by atoms with E-state index in [4.69, 9.17) is 10.5 Å². The van der Waals surface area contributed by atoms with Crippen molar-refractivity contribution in [3.05, 3.63) is 36.3 Å². The molecule has 0 amide bonds. The highest BCUT2D eigenvalue weighted by Gasteiger charge is 2.09. The Bertz CT molecular complexity index is 681. The Labute approximate surface area is 108 Å². The van der Waals surface area contributed by atoms with Gasteiger partial charge in [0.1, 0.15) is 5.39 Å². The molecule has 7 heteroatoms. The summed E-state index contributed by atoms with van der Waals surface area (Å²) in [4.78, 5) is 12.3. The molecule has 0 fully saturated rings. The summed E-state index contributed by atoms with van der Waals surface area (Å²) in [5, 5.41) is 7.35. The number of hydrogen-bond donors (Lipinski definition) is 2. The summed E-state index contributed by atoms with van der Waals surface area (Å²) in [6.45, 7) is 0.466. The van der Waals surface area contributed by atoms with E-state index in [1.54, 1.807) is 12.4 Å². The second-order valence-electron chi connectivity index (χ2n) is 3.94. The molecule has 0 aliphatic carbocycles. The third-order valence-corrected chi connectivity index (χ3v) is 2.62. The number of aromatic nitrogens is 5. The number of nitrogens with zero attached hydrogens (tertiary/aromatic N) is 4. The van der Waals surface area contributed by atoms with Crippen LogP contribution >= 0.6 is 0 Å². The summed E-state index contributed by atoms with van der Waals surface area (Å²) >= 11 is 0. The van der Waals surface area contributed by atoms with Gasteiger partial charge >= 0.3 is 0 Å². The summed E-state index contributed by atoms with van der Waals surface area (Å²) in [5.41, 5.74) is 7.14. The quantitative estimate of drug-likeness (QED) is 0.720. The Morgan fingerprint density at radius 3 is 3.05 bits per heavy atom. The second-order valence-corrected chi connectivity index (χ2v) is 3.94. The van der Waals surface area contributed by atoms with Crippen LogP contribution in [0.3, 0.4) is 0 Å². The van der Waals surface area contributed by atoms with E-state index in [1.807, 2.05) is 18.2 Å². The fourth-order valence-corrected chi connectivity index (χ4v) is 1.73. The molecule has 19 heavy (non-hydrogen) atoms. The lowest BCUT2D eigenvalue weighted by Gasteiger charge is -2.06. The maximum absolute atomic E-state index is 5.63. The third kappa shape index (κ3) is 2.44. The standard InChI is InChI=1S/C12H12N6O/c13-12-16-10-9(7-15-18-10)11(17-12)19-6-4-8-3-1-2-5-14-8/h1-3,5,7H,4,6H2,(H3,13,15,16,17,18). The SMILES string of the molecule is Nc1nc(OCCc2ccccn2)c2cn[nH]c2n1.